The molecule has 3 rings (SSSR count). The van der Waals surface area contributed by atoms with E-state index < -0.39 is 40.6 Å². The van der Waals surface area contributed by atoms with Gasteiger partial charge in [-0.15, -0.1) is 0 Å². The normalized spacial score (nSPS) is 19.7. The molecule has 0 aromatic heterocycles. The van der Waals surface area contributed by atoms with E-state index in [0.29, 0.717) is 5.01 Å². The lowest BCUT2D eigenvalue weighted by atomic mass is 9.96. The van der Waals surface area contributed by atoms with Crippen LogP contribution in [-0.2, 0) is 5.72 Å². The van der Waals surface area contributed by atoms with Gasteiger partial charge >= 0.3 is 6.18 Å². The van der Waals surface area contributed by atoms with Gasteiger partial charge in [-0.25, -0.2) is 0 Å². The smallest absolute Gasteiger partial charge is 0.365 e. The minimum absolute atomic E-state index is 0.0341. The summed E-state index contributed by atoms with van der Waals surface area (Å²) in [7, 11) is 0. The second-order valence-electron chi connectivity index (χ2n) is 5.83. The molecule has 10 heteroatoms. The lowest BCUT2D eigenvalue weighted by Crippen LogP contribution is -2.43. The van der Waals surface area contributed by atoms with Crippen molar-refractivity contribution in [1.29, 1.82) is 0 Å². The largest absolute Gasteiger partial charge is 0.431 e. The fraction of sp³-hybridized carbons (Fsp3) is 0.176. The highest BCUT2D eigenvalue weighted by Gasteiger charge is 2.53. The number of nitro benzene ring substituents is 1. The minimum atomic E-state index is -4.85. The van der Waals surface area contributed by atoms with E-state index in [4.69, 9.17) is 0 Å². The van der Waals surface area contributed by atoms with Crippen LogP contribution in [0.1, 0.15) is 22.3 Å². The van der Waals surface area contributed by atoms with Crippen molar-refractivity contribution >= 4 is 17.3 Å². The summed E-state index contributed by atoms with van der Waals surface area (Å²) in [6, 6.07) is 11.8. The number of nitrogens with zero attached hydrogens (tertiary/aromatic N) is 3. The van der Waals surface area contributed by atoms with E-state index in [2.05, 4.69) is 5.10 Å². The molecule has 7 nitrogen and oxygen atoms in total. The van der Waals surface area contributed by atoms with Crippen LogP contribution in [0.15, 0.2) is 59.7 Å². The summed E-state index contributed by atoms with van der Waals surface area (Å²) in [4.78, 5) is 22.9. The maximum absolute atomic E-state index is 13.2. The van der Waals surface area contributed by atoms with Gasteiger partial charge in [-0.2, -0.15) is 23.3 Å². The van der Waals surface area contributed by atoms with Crippen LogP contribution in [0.5, 0.6) is 0 Å². The lowest BCUT2D eigenvalue weighted by molar-refractivity contribution is -0.384. The number of amides is 1. The van der Waals surface area contributed by atoms with Gasteiger partial charge < -0.3 is 5.11 Å². The molecule has 27 heavy (non-hydrogen) atoms. The predicted octanol–water partition coefficient (Wildman–Crippen LogP) is 3.20. The zero-order valence-electron chi connectivity index (χ0n) is 13.6. The average molecular weight is 379 g/mol. The summed E-state index contributed by atoms with van der Waals surface area (Å²) < 4.78 is 39.5. The van der Waals surface area contributed by atoms with Gasteiger partial charge in [-0.05, 0) is 6.07 Å². The van der Waals surface area contributed by atoms with Gasteiger partial charge in [0.25, 0.3) is 11.6 Å². The number of benzene rings is 2. The summed E-state index contributed by atoms with van der Waals surface area (Å²) in [6.07, 6.45) is -5.80. The third kappa shape index (κ3) is 3.38. The Bertz CT molecular complexity index is 931. The molecule has 0 spiro atoms. The maximum atomic E-state index is 13.2. The van der Waals surface area contributed by atoms with Crippen molar-refractivity contribution in [2.75, 3.05) is 0 Å². The fourth-order valence-electron chi connectivity index (χ4n) is 2.72. The van der Waals surface area contributed by atoms with Crippen molar-refractivity contribution in [1.82, 2.24) is 5.01 Å². The van der Waals surface area contributed by atoms with Gasteiger partial charge in [-0.1, -0.05) is 36.4 Å². The third-order valence-electron chi connectivity index (χ3n) is 4.04. The van der Waals surface area contributed by atoms with Crippen molar-refractivity contribution in [3.8, 4) is 0 Å². The van der Waals surface area contributed by atoms with Crippen LogP contribution in [0.3, 0.4) is 0 Å². The monoisotopic (exact) mass is 379 g/mol. The number of alkyl halides is 3. The minimum Gasteiger partial charge on any atom is -0.365 e. The van der Waals surface area contributed by atoms with E-state index in [0.717, 1.165) is 12.1 Å². The van der Waals surface area contributed by atoms with Gasteiger partial charge in [0.1, 0.15) is 5.71 Å². The molecule has 1 aliphatic heterocycles. The molecule has 0 saturated heterocycles. The van der Waals surface area contributed by atoms with Gasteiger partial charge in [0.2, 0.25) is 0 Å². The third-order valence-corrected chi connectivity index (χ3v) is 4.04. The summed E-state index contributed by atoms with van der Waals surface area (Å²) in [5.74, 6) is -1.09. The number of carbonyl (C=O) groups excluding carboxylic acids is 1. The summed E-state index contributed by atoms with van der Waals surface area (Å²) >= 11 is 0. The molecule has 0 bridgehead atoms. The standard InChI is InChI=1S/C17H12F3N3O4/c18-17(19,20)14-10-16(25,12-6-2-1-3-7-12)22(21-14)15(24)11-5-4-8-13(9-11)23(26)27/h1-9,25H,10H2/t16-/m1/s1. The van der Waals surface area contributed by atoms with Crippen molar-refractivity contribution in [3.05, 3.63) is 75.8 Å². The second kappa shape index (κ2) is 6.47. The van der Waals surface area contributed by atoms with Crippen LogP contribution in [0, 0.1) is 10.1 Å². The molecule has 0 aliphatic carbocycles. The molecule has 0 fully saturated rings. The van der Waals surface area contributed by atoms with E-state index in [1.54, 1.807) is 6.07 Å². The number of non-ortho nitro benzene ring substituents is 1. The van der Waals surface area contributed by atoms with Crippen molar-refractivity contribution in [2.45, 2.75) is 18.3 Å². The number of aliphatic hydroxyl groups is 1. The zero-order chi connectivity index (χ0) is 19.8. The van der Waals surface area contributed by atoms with Crippen LogP contribution >= 0.6 is 0 Å². The summed E-state index contributed by atoms with van der Waals surface area (Å²) in [5, 5.41) is 25.4. The van der Waals surface area contributed by atoms with E-state index in [-0.39, 0.29) is 11.1 Å². The van der Waals surface area contributed by atoms with Gasteiger partial charge in [-0.3, -0.25) is 14.9 Å². The second-order valence-corrected chi connectivity index (χ2v) is 5.83. The summed E-state index contributed by atoms with van der Waals surface area (Å²) in [6.45, 7) is 0. The first-order valence-corrected chi connectivity index (χ1v) is 7.64. The summed E-state index contributed by atoms with van der Waals surface area (Å²) in [5.41, 5.74) is -4.35. The Hall–Kier alpha value is -3.27. The number of hydrogen-bond donors (Lipinski definition) is 1. The molecular weight excluding hydrogens is 367 g/mol. The molecule has 2 aromatic carbocycles. The Labute approximate surface area is 150 Å². The SMILES string of the molecule is O=C(c1cccc([N+](=O)[O-])c1)N1N=C(C(F)(F)F)C[C@@]1(O)c1ccccc1. The van der Waals surface area contributed by atoms with Gasteiger partial charge in [0, 0.05) is 23.3 Å². The van der Waals surface area contributed by atoms with Crippen molar-refractivity contribution in [3.63, 3.8) is 0 Å². The Morgan fingerprint density at radius 1 is 1.19 bits per heavy atom. The van der Waals surface area contributed by atoms with E-state index >= 15 is 0 Å². The molecule has 1 amide bonds. The zero-order valence-corrected chi connectivity index (χ0v) is 13.6. The Balaban J connectivity index is 2.08. The van der Waals surface area contributed by atoms with Crippen LogP contribution in [0.4, 0.5) is 18.9 Å². The van der Waals surface area contributed by atoms with Crippen LogP contribution < -0.4 is 0 Å². The molecule has 140 valence electrons. The molecule has 0 saturated carbocycles. The first-order valence-electron chi connectivity index (χ1n) is 7.64. The maximum Gasteiger partial charge on any atom is 0.431 e. The molecule has 1 aliphatic rings. The molecule has 1 atom stereocenters. The lowest BCUT2D eigenvalue weighted by Gasteiger charge is -2.31. The number of hydrogen-bond acceptors (Lipinski definition) is 5. The average Bonchev–Trinajstić information content (AvgIpc) is 3.01. The highest BCUT2D eigenvalue weighted by molar-refractivity contribution is 6.00. The number of carbonyl (C=O) groups is 1. The quantitative estimate of drug-likeness (QED) is 0.654. The number of hydrazone groups is 1. The molecule has 1 heterocycles. The van der Waals surface area contributed by atoms with Crippen LogP contribution in [0.25, 0.3) is 0 Å². The molecule has 1 N–H and O–H groups in total. The van der Waals surface area contributed by atoms with Gasteiger partial charge in [0.05, 0.1) is 11.3 Å². The van der Waals surface area contributed by atoms with Crippen LogP contribution in [-0.4, -0.2) is 32.8 Å². The van der Waals surface area contributed by atoms with Gasteiger partial charge in [0.15, 0.2) is 5.72 Å². The first-order chi connectivity index (χ1) is 12.6. The van der Waals surface area contributed by atoms with E-state index in [1.807, 2.05) is 0 Å². The Kier molecular flexibility index (Phi) is 4.44. The molecule has 2 aromatic rings. The predicted molar refractivity (Wildman–Crippen MR) is 87.7 cm³/mol. The Morgan fingerprint density at radius 3 is 2.44 bits per heavy atom. The Morgan fingerprint density at radius 2 is 1.85 bits per heavy atom. The molecule has 0 radical (unpaired) electrons. The van der Waals surface area contributed by atoms with E-state index in [9.17, 15) is 33.2 Å². The van der Waals surface area contributed by atoms with Crippen molar-refractivity contribution < 1.29 is 28.0 Å². The highest BCUT2D eigenvalue weighted by atomic mass is 19.4. The fourth-order valence-corrected chi connectivity index (χ4v) is 2.72. The van der Waals surface area contributed by atoms with E-state index in [1.165, 1.54) is 36.4 Å². The van der Waals surface area contributed by atoms with Crippen LogP contribution in [0.2, 0.25) is 0 Å². The van der Waals surface area contributed by atoms with Crippen molar-refractivity contribution in [2.24, 2.45) is 5.10 Å². The number of halogens is 3. The molecular formula is C17H12F3N3O4. The number of nitro groups is 1. The first kappa shape index (κ1) is 18.5. The highest BCUT2D eigenvalue weighted by Crippen LogP contribution is 2.40. The topological polar surface area (TPSA) is 96.0 Å². The molecule has 0 unspecified atom stereocenters. The number of rotatable bonds is 3.